The second kappa shape index (κ2) is 8.64. The highest BCUT2D eigenvalue weighted by Crippen LogP contribution is 2.34. The number of unbranched alkanes of at least 4 members (excludes halogenated alkanes) is 4. The van der Waals surface area contributed by atoms with Gasteiger partial charge in [0.05, 0.1) is 0 Å². The first kappa shape index (κ1) is 12.4. The zero-order valence-corrected chi connectivity index (χ0v) is 10.5. The molecule has 1 heteroatoms. The smallest absolute Gasteiger partial charge is 0.0306 e. The normalized spacial score (nSPS) is 19.5. The minimum Gasteiger partial charge on any atom is -0.154 e. The molecule has 1 radical (unpaired) electrons. The van der Waals surface area contributed by atoms with Crippen LogP contribution in [0.5, 0.6) is 0 Å². The first-order valence-electron chi connectivity index (χ1n) is 6.41. The molecule has 0 amide bonds. The Morgan fingerprint density at radius 2 is 1.86 bits per heavy atom. The highest BCUT2D eigenvalue weighted by molar-refractivity contribution is 8.02. The van der Waals surface area contributed by atoms with Crippen molar-refractivity contribution in [2.24, 2.45) is 0 Å². The Hall–Kier alpha value is 0.350. The third-order valence-electron chi connectivity index (χ3n) is 2.97. The van der Waals surface area contributed by atoms with Crippen LogP contribution in [0.25, 0.3) is 0 Å². The lowest BCUT2D eigenvalue weighted by molar-refractivity contribution is 0.610. The maximum atomic E-state index is 2.29. The van der Waals surface area contributed by atoms with Crippen LogP contribution in [0.3, 0.4) is 0 Å². The van der Waals surface area contributed by atoms with Crippen LogP contribution in [-0.4, -0.2) is 5.75 Å². The fourth-order valence-corrected chi connectivity index (χ4v) is 3.23. The van der Waals surface area contributed by atoms with Gasteiger partial charge in [-0.15, -0.1) is 0 Å². The molecule has 1 fully saturated rings. The summed E-state index contributed by atoms with van der Waals surface area (Å²) >= 11 is 2.16. The third-order valence-corrected chi connectivity index (χ3v) is 4.27. The molecule has 0 bridgehead atoms. The van der Waals surface area contributed by atoms with Gasteiger partial charge in [0.1, 0.15) is 0 Å². The fraction of sp³-hybridized carbons (Fsp3) is 0.923. The highest BCUT2D eigenvalue weighted by Gasteiger charge is 2.12. The van der Waals surface area contributed by atoms with Gasteiger partial charge in [0.25, 0.3) is 0 Å². The van der Waals surface area contributed by atoms with Crippen molar-refractivity contribution in [3.05, 3.63) is 5.25 Å². The summed E-state index contributed by atoms with van der Waals surface area (Å²) in [5, 5.41) is 1.80. The van der Waals surface area contributed by atoms with Crippen molar-refractivity contribution in [3.8, 4) is 0 Å². The van der Waals surface area contributed by atoms with E-state index in [2.05, 4.69) is 18.7 Å². The summed E-state index contributed by atoms with van der Waals surface area (Å²) in [5.41, 5.74) is 0. The largest absolute Gasteiger partial charge is 0.154 e. The lowest BCUT2D eigenvalue weighted by Gasteiger charge is -2.11. The van der Waals surface area contributed by atoms with Crippen molar-refractivity contribution >= 4 is 11.8 Å². The predicted molar refractivity (Wildman–Crippen MR) is 67.5 cm³/mol. The predicted octanol–water partition coefficient (Wildman–Crippen LogP) is 5.19. The van der Waals surface area contributed by atoms with Gasteiger partial charge in [-0.25, -0.2) is 0 Å². The molecule has 0 atom stereocenters. The van der Waals surface area contributed by atoms with Crippen molar-refractivity contribution in [1.29, 1.82) is 0 Å². The summed E-state index contributed by atoms with van der Waals surface area (Å²) in [6.45, 7) is 2.29. The van der Waals surface area contributed by atoms with Crippen LogP contribution < -0.4 is 0 Å². The van der Waals surface area contributed by atoms with Crippen LogP contribution in [0.1, 0.15) is 71.1 Å². The average molecular weight is 213 g/mol. The minimum absolute atomic E-state index is 1.37. The van der Waals surface area contributed by atoms with E-state index in [1.165, 1.54) is 70.0 Å². The second-order valence-corrected chi connectivity index (χ2v) is 5.64. The summed E-state index contributed by atoms with van der Waals surface area (Å²) in [6, 6.07) is 0. The van der Waals surface area contributed by atoms with Gasteiger partial charge in [-0.2, -0.15) is 11.8 Å². The molecule has 1 aliphatic rings. The van der Waals surface area contributed by atoms with Gasteiger partial charge in [0, 0.05) is 5.25 Å². The highest BCUT2D eigenvalue weighted by atomic mass is 32.2. The van der Waals surface area contributed by atoms with E-state index in [0.717, 1.165) is 0 Å². The Morgan fingerprint density at radius 3 is 2.71 bits per heavy atom. The molecule has 0 saturated carbocycles. The number of hydrogen-bond donors (Lipinski definition) is 0. The molecule has 1 saturated heterocycles. The van der Waals surface area contributed by atoms with Crippen LogP contribution in [0.15, 0.2) is 0 Å². The summed E-state index contributed by atoms with van der Waals surface area (Å²) in [6.07, 6.45) is 14.4. The lowest BCUT2D eigenvalue weighted by Crippen LogP contribution is -1.91. The van der Waals surface area contributed by atoms with Crippen LogP contribution in [-0.2, 0) is 0 Å². The van der Waals surface area contributed by atoms with Crippen molar-refractivity contribution in [2.75, 3.05) is 5.75 Å². The van der Waals surface area contributed by atoms with Gasteiger partial charge in [-0.1, -0.05) is 51.9 Å². The van der Waals surface area contributed by atoms with Crippen LogP contribution >= 0.6 is 11.8 Å². The maximum absolute atomic E-state index is 2.29. The van der Waals surface area contributed by atoms with Crippen molar-refractivity contribution in [1.82, 2.24) is 0 Å². The SMILES string of the molecule is CCCCCCC[C]1CCCCCS1. The molecule has 83 valence electrons. The fourth-order valence-electron chi connectivity index (χ4n) is 2.01. The molecule has 0 aliphatic carbocycles. The molecule has 0 aromatic rings. The summed E-state index contributed by atoms with van der Waals surface area (Å²) < 4.78 is 0. The summed E-state index contributed by atoms with van der Waals surface area (Å²) in [7, 11) is 0. The number of thioether (sulfide) groups is 1. The standard InChI is InChI=1S/C13H25S/c1-2-3-4-5-7-10-13-11-8-6-9-12-14-13/h2-12H2,1H3. The quantitative estimate of drug-likeness (QED) is 0.547. The van der Waals surface area contributed by atoms with Gasteiger partial charge in [-0.05, 0) is 25.0 Å². The lowest BCUT2D eigenvalue weighted by atomic mass is 10.1. The van der Waals surface area contributed by atoms with Gasteiger partial charge in [0.2, 0.25) is 0 Å². The Bertz CT molecular complexity index is 114. The van der Waals surface area contributed by atoms with Crippen molar-refractivity contribution < 1.29 is 0 Å². The van der Waals surface area contributed by atoms with E-state index in [0.29, 0.717) is 0 Å². The molecule has 1 heterocycles. The van der Waals surface area contributed by atoms with E-state index in [-0.39, 0.29) is 0 Å². The first-order valence-corrected chi connectivity index (χ1v) is 7.39. The third kappa shape index (κ3) is 5.95. The van der Waals surface area contributed by atoms with Gasteiger partial charge in [-0.3, -0.25) is 0 Å². The van der Waals surface area contributed by atoms with E-state index < -0.39 is 0 Å². The molecule has 0 aromatic carbocycles. The number of rotatable bonds is 6. The monoisotopic (exact) mass is 213 g/mol. The van der Waals surface area contributed by atoms with Crippen LogP contribution in [0, 0.1) is 5.25 Å². The molecule has 0 aromatic heterocycles. The van der Waals surface area contributed by atoms with E-state index in [4.69, 9.17) is 0 Å². The Balaban J connectivity index is 1.93. The van der Waals surface area contributed by atoms with Gasteiger partial charge < -0.3 is 0 Å². The topological polar surface area (TPSA) is 0 Å². The van der Waals surface area contributed by atoms with E-state index in [9.17, 15) is 0 Å². The van der Waals surface area contributed by atoms with Crippen molar-refractivity contribution in [2.45, 2.75) is 71.1 Å². The van der Waals surface area contributed by atoms with Gasteiger partial charge >= 0.3 is 0 Å². The molecule has 0 unspecified atom stereocenters. The van der Waals surface area contributed by atoms with Gasteiger partial charge in [0.15, 0.2) is 0 Å². The minimum atomic E-state index is 1.37. The van der Waals surface area contributed by atoms with Crippen molar-refractivity contribution in [3.63, 3.8) is 0 Å². The second-order valence-electron chi connectivity index (χ2n) is 4.36. The van der Waals surface area contributed by atoms with Crippen LogP contribution in [0.4, 0.5) is 0 Å². The number of hydrogen-bond acceptors (Lipinski definition) is 1. The van der Waals surface area contributed by atoms with E-state index in [1.54, 1.807) is 5.25 Å². The molecule has 0 N–H and O–H groups in total. The van der Waals surface area contributed by atoms with Crippen LogP contribution in [0.2, 0.25) is 0 Å². The first-order chi connectivity index (χ1) is 6.93. The summed E-state index contributed by atoms with van der Waals surface area (Å²) in [4.78, 5) is 0. The molecule has 0 nitrogen and oxygen atoms in total. The zero-order valence-electron chi connectivity index (χ0n) is 9.69. The van der Waals surface area contributed by atoms with E-state index in [1.807, 2.05) is 0 Å². The maximum Gasteiger partial charge on any atom is 0.0306 e. The Kier molecular flexibility index (Phi) is 7.67. The molecular formula is C13H25S. The molecule has 1 rings (SSSR count). The zero-order chi connectivity index (χ0) is 10.1. The molecular weight excluding hydrogens is 188 g/mol. The van der Waals surface area contributed by atoms with E-state index >= 15 is 0 Å². The average Bonchev–Trinajstić information content (AvgIpc) is 2.46. The molecule has 0 spiro atoms. The summed E-state index contributed by atoms with van der Waals surface area (Å²) in [5.74, 6) is 1.39. The Labute approximate surface area is 94.2 Å². The Morgan fingerprint density at radius 1 is 1.00 bits per heavy atom. The molecule has 14 heavy (non-hydrogen) atoms. The molecule has 1 aliphatic heterocycles.